The van der Waals surface area contributed by atoms with Crippen molar-refractivity contribution in [2.24, 2.45) is 5.92 Å². The molecule has 2 aliphatic heterocycles. The number of hydrogen-bond acceptors (Lipinski definition) is 4. The first-order valence-electron chi connectivity index (χ1n) is 11.3. The van der Waals surface area contributed by atoms with Crippen molar-refractivity contribution >= 4 is 11.8 Å². The van der Waals surface area contributed by atoms with Crippen molar-refractivity contribution in [1.82, 2.24) is 19.7 Å². The van der Waals surface area contributed by atoms with Crippen molar-refractivity contribution in [2.75, 3.05) is 33.2 Å². The maximum Gasteiger partial charge on any atom is 0.227 e. The Hall–Kier alpha value is -2.73. The van der Waals surface area contributed by atoms with Crippen LogP contribution in [-0.2, 0) is 22.6 Å². The fourth-order valence-electron chi connectivity index (χ4n) is 4.71. The number of piperidine rings is 1. The van der Waals surface area contributed by atoms with Gasteiger partial charge in [0.05, 0.1) is 5.92 Å². The number of hydrogen-bond donors (Lipinski definition) is 0. The van der Waals surface area contributed by atoms with Gasteiger partial charge < -0.3 is 14.7 Å². The van der Waals surface area contributed by atoms with Gasteiger partial charge in [0, 0.05) is 70.5 Å². The van der Waals surface area contributed by atoms with Crippen LogP contribution in [0, 0.1) is 5.92 Å². The summed E-state index contributed by atoms with van der Waals surface area (Å²) in [4.78, 5) is 36.2. The minimum absolute atomic E-state index is 0.0833. The largest absolute Gasteiger partial charge is 0.342 e. The van der Waals surface area contributed by atoms with Crippen LogP contribution in [0.2, 0.25) is 0 Å². The van der Waals surface area contributed by atoms with Crippen molar-refractivity contribution in [2.45, 2.75) is 38.3 Å². The Labute approximate surface area is 184 Å². The van der Waals surface area contributed by atoms with Crippen molar-refractivity contribution < 1.29 is 9.59 Å². The zero-order valence-electron chi connectivity index (χ0n) is 18.3. The minimum Gasteiger partial charge on any atom is -0.342 e. The molecule has 0 spiro atoms. The molecule has 0 N–H and O–H groups in total. The minimum atomic E-state index is -0.219. The summed E-state index contributed by atoms with van der Waals surface area (Å²) in [6.45, 7) is 4.12. The molecule has 6 heteroatoms. The normalized spacial score (nSPS) is 20.2. The average Bonchev–Trinajstić information content (AvgIpc) is 3.18. The number of carbonyl (C=O) groups is 2. The third-order valence-corrected chi connectivity index (χ3v) is 6.64. The van der Waals surface area contributed by atoms with Gasteiger partial charge >= 0.3 is 0 Å². The van der Waals surface area contributed by atoms with Crippen LogP contribution in [0.15, 0.2) is 54.7 Å². The summed E-state index contributed by atoms with van der Waals surface area (Å²) < 4.78 is 0. The molecule has 0 bridgehead atoms. The maximum absolute atomic E-state index is 13.1. The van der Waals surface area contributed by atoms with Gasteiger partial charge in [0.2, 0.25) is 11.8 Å². The molecular weight excluding hydrogens is 388 g/mol. The maximum atomic E-state index is 13.1. The van der Waals surface area contributed by atoms with E-state index >= 15 is 0 Å². The summed E-state index contributed by atoms with van der Waals surface area (Å²) in [5.74, 6) is -0.0146. The molecule has 2 aliphatic rings. The van der Waals surface area contributed by atoms with E-state index in [4.69, 9.17) is 0 Å². The molecule has 4 rings (SSSR count). The molecular formula is C25H32N4O2. The molecule has 31 heavy (non-hydrogen) atoms. The second kappa shape index (κ2) is 10.1. The molecule has 2 aromatic rings. The second-order valence-electron chi connectivity index (χ2n) is 8.75. The van der Waals surface area contributed by atoms with E-state index in [0.717, 1.165) is 50.2 Å². The Morgan fingerprint density at radius 1 is 1.10 bits per heavy atom. The van der Waals surface area contributed by atoms with Gasteiger partial charge in [-0.3, -0.25) is 14.6 Å². The Morgan fingerprint density at radius 3 is 2.55 bits per heavy atom. The number of rotatable bonds is 7. The van der Waals surface area contributed by atoms with Gasteiger partial charge in [-0.05, 0) is 30.5 Å². The van der Waals surface area contributed by atoms with Gasteiger partial charge in [-0.15, -0.1) is 0 Å². The summed E-state index contributed by atoms with van der Waals surface area (Å²) in [6.07, 6.45) is 5.11. The SMILES string of the molecule is CN(C(=O)C1CC(=O)N(Cc2ccccc2)C1)C1CCN(CCc2ccccn2)CC1. The fraction of sp³-hybridized carbons (Fsp3) is 0.480. The van der Waals surface area contributed by atoms with Gasteiger partial charge in [0.25, 0.3) is 0 Å². The number of nitrogens with zero attached hydrogens (tertiary/aromatic N) is 4. The van der Waals surface area contributed by atoms with Crippen LogP contribution < -0.4 is 0 Å². The summed E-state index contributed by atoms with van der Waals surface area (Å²) in [5.41, 5.74) is 2.23. The van der Waals surface area contributed by atoms with Gasteiger partial charge in [0.1, 0.15) is 0 Å². The molecule has 164 valence electrons. The van der Waals surface area contributed by atoms with Crippen LogP contribution in [0.5, 0.6) is 0 Å². The van der Waals surface area contributed by atoms with Crippen molar-refractivity contribution in [3.8, 4) is 0 Å². The molecule has 6 nitrogen and oxygen atoms in total. The smallest absolute Gasteiger partial charge is 0.227 e. The van der Waals surface area contributed by atoms with E-state index in [1.165, 1.54) is 0 Å². The predicted molar refractivity (Wildman–Crippen MR) is 120 cm³/mol. The number of carbonyl (C=O) groups excluding carboxylic acids is 2. The highest BCUT2D eigenvalue weighted by atomic mass is 16.2. The van der Waals surface area contributed by atoms with Gasteiger partial charge in [-0.25, -0.2) is 0 Å². The average molecular weight is 421 g/mol. The van der Waals surface area contributed by atoms with E-state index in [2.05, 4.69) is 16.0 Å². The number of amides is 2. The van der Waals surface area contributed by atoms with E-state index in [-0.39, 0.29) is 23.8 Å². The number of pyridine rings is 1. The lowest BCUT2D eigenvalue weighted by Gasteiger charge is -2.37. The van der Waals surface area contributed by atoms with Crippen LogP contribution in [0.25, 0.3) is 0 Å². The lowest BCUT2D eigenvalue weighted by atomic mass is 10.00. The molecule has 1 aromatic heterocycles. The molecule has 0 aliphatic carbocycles. The van der Waals surface area contributed by atoms with Gasteiger partial charge in [-0.1, -0.05) is 36.4 Å². The molecule has 0 radical (unpaired) electrons. The molecule has 2 saturated heterocycles. The van der Waals surface area contributed by atoms with Crippen LogP contribution in [0.4, 0.5) is 0 Å². The Morgan fingerprint density at radius 2 is 1.84 bits per heavy atom. The lowest BCUT2D eigenvalue weighted by Crippen LogP contribution is -2.47. The van der Waals surface area contributed by atoms with Crippen molar-refractivity contribution in [3.63, 3.8) is 0 Å². The summed E-state index contributed by atoms with van der Waals surface area (Å²) in [7, 11) is 1.92. The third kappa shape index (κ3) is 5.50. The molecule has 2 fully saturated rings. The first-order valence-corrected chi connectivity index (χ1v) is 11.3. The number of benzene rings is 1. The van der Waals surface area contributed by atoms with Crippen LogP contribution >= 0.6 is 0 Å². The first-order chi connectivity index (χ1) is 15.1. The van der Waals surface area contributed by atoms with Crippen LogP contribution in [-0.4, -0.2) is 70.8 Å². The second-order valence-corrected chi connectivity index (χ2v) is 8.75. The zero-order chi connectivity index (χ0) is 21.6. The van der Waals surface area contributed by atoms with Crippen molar-refractivity contribution in [3.05, 3.63) is 66.0 Å². The monoisotopic (exact) mass is 420 g/mol. The molecule has 0 saturated carbocycles. The van der Waals surface area contributed by atoms with Crippen LogP contribution in [0.1, 0.15) is 30.5 Å². The zero-order valence-corrected chi connectivity index (χ0v) is 18.3. The Kier molecular flexibility index (Phi) is 6.97. The van der Waals surface area contributed by atoms with Crippen LogP contribution in [0.3, 0.4) is 0 Å². The topological polar surface area (TPSA) is 56.8 Å². The van der Waals surface area contributed by atoms with Crippen molar-refractivity contribution in [1.29, 1.82) is 0 Å². The van der Waals surface area contributed by atoms with Gasteiger partial charge in [-0.2, -0.15) is 0 Å². The Bertz CT molecular complexity index is 866. The summed E-state index contributed by atoms with van der Waals surface area (Å²) in [5, 5.41) is 0. The van der Waals surface area contributed by atoms with E-state index in [0.29, 0.717) is 19.5 Å². The standard InChI is InChI=1S/C25H32N4O2/c1-27(23-11-15-28(16-12-23)14-10-22-9-5-6-13-26-22)25(31)21-17-24(30)29(19-21)18-20-7-3-2-4-8-20/h2-9,13,21,23H,10-12,14-19H2,1H3. The van der Waals surface area contributed by atoms with E-state index in [1.807, 2.05) is 65.5 Å². The number of aromatic nitrogens is 1. The molecule has 2 amide bonds. The highest BCUT2D eigenvalue weighted by Crippen LogP contribution is 2.24. The van der Waals surface area contributed by atoms with E-state index in [1.54, 1.807) is 0 Å². The molecule has 1 unspecified atom stereocenters. The molecule has 1 aromatic carbocycles. The van der Waals surface area contributed by atoms with Gasteiger partial charge in [0.15, 0.2) is 0 Å². The third-order valence-electron chi connectivity index (χ3n) is 6.64. The highest BCUT2D eigenvalue weighted by molar-refractivity contribution is 5.89. The van der Waals surface area contributed by atoms with E-state index in [9.17, 15) is 9.59 Å². The highest BCUT2D eigenvalue weighted by Gasteiger charge is 2.37. The summed E-state index contributed by atoms with van der Waals surface area (Å²) in [6, 6.07) is 16.3. The first kappa shape index (κ1) is 21.5. The predicted octanol–water partition coefficient (Wildman–Crippen LogP) is 2.60. The molecule has 3 heterocycles. The number of likely N-dealkylation sites (tertiary alicyclic amines) is 2. The Balaban J connectivity index is 1.24. The quantitative estimate of drug-likeness (QED) is 0.691. The fourth-order valence-corrected chi connectivity index (χ4v) is 4.71. The molecule has 1 atom stereocenters. The summed E-state index contributed by atoms with van der Waals surface area (Å²) >= 11 is 0. The van der Waals surface area contributed by atoms with E-state index < -0.39 is 0 Å². The lowest BCUT2D eigenvalue weighted by molar-refractivity contribution is -0.137.